The number of hydrogen-bond acceptors (Lipinski definition) is 6. The Morgan fingerprint density at radius 3 is 2.45 bits per heavy atom. The van der Waals surface area contributed by atoms with Crippen LogP contribution in [0.4, 0.5) is 11.6 Å². The van der Waals surface area contributed by atoms with Gasteiger partial charge in [-0.3, -0.25) is 0 Å². The van der Waals surface area contributed by atoms with Crippen LogP contribution in [0.3, 0.4) is 0 Å². The summed E-state index contributed by atoms with van der Waals surface area (Å²) in [7, 11) is 0. The van der Waals surface area contributed by atoms with E-state index in [4.69, 9.17) is 0 Å². The molecular weight excluding hydrogens is 410 g/mol. The number of hydrogen-bond donors (Lipinski definition) is 2. The summed E-state index contributed by atoms with van der Waals surface area (Å²) in [5.41, 5.74) is 2.16. The fourth-order valence-corrected chi connectivity index (χ4v) is 4.40. The topological polar surface area (TPSA) is 74.2 Å². The van der Waals surface area contributed by atoms with E-state index >= 15 is 0 Å². The molecule has 0 saturated carbocycles. The van der Waals surface area contributed by atoms with Crippen LogP contribution >= 0.6 is 0 Å². The third kappa shape index (κ3) is 4.66. The Hall–Kier alpha value is -3.51. The summed E-state index contributed by atoms with van der Waals surface area (Å²) in [6.45, 7) is 5.31. The molecule has 33 heavy (non-hydrogen) atoms. The first kappa shape index (κ1) is 21.3. The van der Waals surface area contributed by atoms with Crippen molar-refractivity contribution < 1.29 is 5.11 Å². The van der Waals surface area contributed by atoms with Gasteiger partial charge in [-0.25, -0.2) is 4.98 Å². The summed E-state index contributed by atoms with van der Waals surface area (Å²) in [5.74, 6) is 1.76. The standard InChI is InChI=1S/C27H29N5O/c1-27(2,33)20-12-13-25(28-17-20)32-15-14-21(18-32)29-26-23-11-7-6-10-22(23)24(30-31-26)16-19-8-4-3-5-9-19/h3-13,17,21,33H,14-16,18H2,1-2H3,(H,29,31). The Kier molecular flexibility index (Phi) is 5.68. The van der Waals surface area contributed by atoms with Gasteiger partial charge in [-0.15, -0.1) is 5.10 Å². The van der Waals surface area contributed by atoms with E-state index in [-0.39, 0.29) is 6.04 Å². The molecule has 1 atom stereocenters. The Balaban J connectivity index is 1.32. The van der Waals surface area contributed by atoms with Crippen LogP contribution in [-0.2, 0) is 12.0 Å². The lowest BCUT2D eigenvalue weighted by atomic mass is 10.0. The molecule has 0 amide bonds. The monoisotopic (exact) mass is 439 g/mol. The molecule has 168 valence electrons. The van der Waals surface area contributed by atoms with Crippen molar-refractivity contribution in [3.63, 3.8) is 0 Å². The molecule has 6 heteroatoms. The molecule has 4 aromatic rings. The second kappa shape index (κ2) is 8.79. The van der Waals surface area contributed by atoms with Crippen molar-refractivity contribution in [1.29, 1.82) is 0 Å². The van der Waals surface area contributed by atoms with Gasteiger partial charge in [0.1, 0.15) is 5.82 Å². The minimum atomic E-state index is -0.882. The average molecular weight is 440 g/mol. The predicted octanol–water partition coefficient (Wildman–Crippen LogP) is 4.53. The summed E-state index contributed by atoms with van der Waals surface area (Å²) in [6.07, 6.45) is 3.52. The number of aliphatic hydroxyl groups is 1. The van der Waals surface area contributed by atoms with Crippen LogP contribution in [0.2, 0.25) is 0 Å². The van der Waals surface area contributed by atoms with Crippen molar-refractivity contribution in [3.05, 3.63) is 89.7 Å². The molecule has 0 spiro atoms. The molecule has 1 unspecified atom stereocenters. The largest absolute Gasteiger partial charge is 0.386 e. The number of pyridine rings is 1. The Bertz CT molecular complexity index is 1240. The second-order valence-corrected chi connectivity index (χ2v) is 9.24. The zero-order valence-corrected chi connectivity index (χ0v) is 19.1. The summed E-state index contributed by atoms with van der Waals surface area (Å²) >= 11 is 0. The first-order valence-corrected chi connectivity index (χ1v) is 11.5. The highest BCUT2D eigenvalue weighted by atomic mass is 16.3. The number of anilines is 2. The van der Waals surface area contributed by atoms with Gasteiger partial charge < -0.3 is 15.3 Å². The van der Waals surface area contributed by atoms with Crippen LogP contribution in [0, 0.1) is 0 Å². The highest BCUT2D eigenvalue weighted by Crippen LogP contribution is 2.28. The van der Waals surface area contributed by atoms with Gasteiger partial charge in [0, 0.05) is 48.1 Å². The van der Waals surface area contributed by atoms with Gasteiger partial charge in [0.05, 0.1) is 11.3 Å². The van der Waals surface area contributed by atoms with Crippen LogP contribution in [0.1, 0.15) is 37.1 Å². The van der Waals surface area contributed by atoms with E-state index in [0.717, 1.165) is 59.6 Å². The van der Waals surface area contributed by atoms with Crippen molar-refractivity contribution in [2.24, 2.45) is 0 Å². The van der Waals surface area contributed by atoms with Crippen LogP contribution in [0.5, 0.6) is 0 Å². The average Bonchev–Trinajstić information content (AvgIpc) is 3.29. The SMILES string of the molecule is CC(C)(O)c1ccc(N2CCC(Nc3nnc(Cc4ccccc4)c4ccccc34)C2)nc1. The summed E-state index contributed by atoms with van der Waals surface area (Å²) in [4.78, 5) is 6.85. The number of fused-ring (bicyclic) bond motifs is 1. The quantitative estimate of drug-likeness (QED) is 0.460. The molecule has 0 radical (unpaired) electrons. The zero-order valence-electron chi connectivity index (χ0n) is 19.1. The van der Waals surface area contributed by atoms with Crippen molar-refractivity contribution >= 4 is 22.4 Å². The first-order chi connectivity index (χ1) is 16.0. The lowest BCUT2D eigenvalue weighted by Crippen LogP contribution is -2.27. The molecule has 0 bridgehead atoms. The highest BCUT2D eigenvalue weighted by molar-refractivity contribution is 5.93. The molecule has 5 rings (SSSR count). The van der Waals surface area contributed by atoms with Crippen molar-refractivity contribution in [2.45, 2.75) is 38.3 Å². The number of aromatic nitrogens is 3. The molecule has 2 N–H and O–H groups in total. The third-order valence-corrected chi connectivity index (χ3v) is 6.29. The number of nitrogens with zero attached hydrogens (tertiary/aromatic N) is 4. The molecule has 2 aromatic carbocycles. The Morgan fingerprint density at radius 1 is 0.970 bits per heavy atom. The molecule has 3 heterocycles. The van der Waals surface area contributed by atoms with E-state index < -0.39 is 5.60 Å². The fourth-order valence-electron chi connectivity index (χ4n) is 4.40. The van der Waals surface area contributed by atoms with Gasteiger partial charge in [-0.1, -0.05) is 60.7 Å². The fraction of sp³-hybridized carbons (Fsp3) is 0.296. The molecule has 1 saturated heterocycles. The molecular formula is C27H29N5O. The van der Waals surface area contributed by atoms with E-state index in [2.05, 4.69) is 73.9 Å². The van der Waals surface area contributed by atoms with Gasteiger partial charge in [-0.05, 0) is 31.9 Å². The minimum absolute atomic E-state index is 0.262. The Labute approximate surface area is 194 Å². The maximum atomic E-state index is 10.2. The van der Waals surface area contributed by atoms with Gasteiger partial charge in [-0.2, -0.15) is 5.10 Å². The predicted molar refractivity (Wildman–Crippen MR) is 133 cm³/mol. The van der Waals surface area contributed by atoms with Crippen LogP contribution < -0.4 is 10.2 Å². The van der Waals surface area contributed by atoms with Crippen LogP contribution in [0.15, 0.2) is 72.9 Å². The summed E-state index contributed by atoms with van der Waals surface area (Å²) in [5, 5.41) is 25.2. The van der Waals surface area contributed by atoms with Gasteiger partial charge in [0.25, 0.3) is 0 Å². The van der Waals surface area contributed by atoms with Gasteiger partial charge in [0.2, 0.25) is 0 Å². The zero-order chi connectivity index (χ0) is 22.8. The second-order valence-electron chi connectivity index (χ2n) is 9.24. The maximum Gasteiger partial charge on any atom is 0.156 e. The van der Waals surface area contributed by atoms with Crippen molar-refractivity contribution in [3.8, 4) is 0 Å². The number of rotatable bonds is 6. The molecule has 6 nitrogen and oxygen atoms in total. The van der Waals surface area contributed by atoms with E-state index in [9.17, 15) is 5.11 Å². The summed E-state index contributed by atoms with van der Waals surface area (Å²) < 4.78 is 0. The number of nitrogens with one attached hydrogen (secondary N) is 1. The smallest absolute Gasteiger partial charge is 0.156 e. The summed E-state index contributed by atoms with van der Waals surface area (Å²) in [6, 6.07) is 22.9. The minimum Gasteiger partial charge on any atom is -0.386 e. The molecule has 1 fully saturated rings. The van der Waals surface area contributed by atoms with Crippen molar-refractivity contribution in [1.82, 2.24) is 15.2 Å². The normalized spacial score (nSPS) is 16.3. The number of benzene rings is 2. The van der Waals surface area contributed by atoms with E-state index in [1.165, 1.54) is 5.56 Å². The lowest BCUT2D eigenvalue weighted by Gasteiger charge is -2.21. The molecule has 0 aliphatic carbocycles. The Morgan fingerprint density at radius 2 is 1.73 bits per heavy atom. The van der Waals surface area contributed by atoms with E-state index in [1.807, 2.05) is 18.2 Å². The first-order valence-electron chi connectivity index (χ1n) is 11.5. The van der Waals surface area contributed by atoms with Gasteiger partial charge in [0.15, 0.2) is 5.82 Å². The van der Waals surface area contributed by atoms with Gasteiger partial charge >= 0.3 is 0 Å². The van der Waals surface area contributed by atoms with E-state index in [1.54, 1.807) is 20.0 Å². The third-order valence-electron chi connectivity index (χ3n) is 6.29. The van der Waals surface area contributed by atoms with E-state index in [0.29, 0.717) is 0 Å². The van der Waals surface area contributed by atoms with Crippen LogP contribution in [-0.4, -0.2) is 39.4 Å². The molecule has 1 aliphatic heterocycles. The van der Waals surface area contributed by atoms with Crippen LogP contribution in [0.25, 0.3) is 10.8 Å². The molecule has 2 aromatic heterocycles. The van der Waals surface area contributed by atoms with Crippen molar-refractivity contribution in [2.75, 3.05) is 23.3 Å². The highest BCUT2D eigenvalue weighted by Gasteiger charge is 2.25. The molecule has 1 aliphatic rings. The maximum absolute atomic E-state index is 10.2. The lowest BCUT2D eigenvalue weighted by molar-refractivity contribution is 0.0782.